The molecule has 1 aliphatic rings. The monoisotopic (exact) mass is 237 g/mol. The lowest BCUT2D eigenvalue weighted by Gasteiger charge is -2.29. The maximum absolute atomic E-state index is 2.42. The summed E-state index contributed by atoms with van der Waals surface area (Å²) in [6.45, 7) is 10.9. The van der Waals surface area contributed by atoms with E-state index in [-0.39, 0.29) is 0 Å². The van der Waals surface area contributed by atoms with E-state index in [0.717, 1.165) is 6.42 Å². The van der Waals surface area contributed by atoms with Crippen LogP contribution in [0, 0.1) is 6.92 Å². The molecule has 0 saturated carbocycles. The zero-order valence-corrected chi connectivity index (χ0v) is 11.7. The molecule has 1 saturated heterocycles. The van der Waals surface area contributed by atoms with Crippen molar-refractivity contribution in [3.8, 4) is 0 Å². The summed E-state index contributed by atoms with van der Waals surface area (Å²) in [5, 5.41) is 0. The van der Waals surface area contributed by atoms with Crippen molar-refractivity contribution in [3.63, 3.8) is 0 Å². The lowest BCUT2D eigenvalue weighted by molar-refractivity contribution is 0.344. The molecule has 0 radical (unpaired) electrons. The summed E-state index contributed by atoms with van der Waals surface area (Å²) in [4.78, 5) is 1.39. The second-order valence-electron chi connectivity index (χ2n) is 3.82. The van der Waals surface area contributed by atoms with Crippen LogP contribution in [0.15, 0.2) is 23.1 Å². The smallest absolute Gasteiger partial charge is 0.0233 e. The summed E-state index contributed by atoms with van der Waals surface area (Å²) in [6, 6.07) is 6.81. The van der Waals surface area contributed by atoms with Gasteiger partial charge in [-0.05, 0) is 55.0 Å². The van der Waals surface area contributed by atoms with Crippen LogP contribution in [-0.4, -0.2) is 17.4 Å². The van der Waals surface area contributed by atoms with Gasteiger partial charge in [-0.1, -0.05) is 26.8 Å². The second kappa shape index (κ2) is 6.97. The van der Waals surface area contributed by atoms with Crippen molar-refractivity contribution in [2.75, 3.05) is 13.1 Å². The number of aryl methyl sites for hydroxylation is 2. The predicted molar refractivity (Wildman–Crippen MR) is 74.0 cm³/mol. The van der Waals surface area contributed by atoms with Gasteiger partial charge in [0.2, 0.25) is 0 Å². The van der Waals surface area contributed by atoms with Gasteiger partial charge in [0.25, 0.3) is 0 Å². The molecule has 0 unspecified atom stereocenters. The van der Waals surface area contributed by atoms with Crippen molar-refractivity contribution in [1.29, 1.82) is 0 Å². The molecule has 0 spiro atoms. The minimum Gasteiger partial charge on any atom is -0.246 e. The topological polar surface area (TPSA) is 3.24 Å². The van der Waals surface area contributed by atoms with Crippen molar-refractivity contribution in [1.82, 2.24) is 4.31 Å². The van der Waals surface area contributed by atoms with E-state index >= 15 is 0 Å². The molecule has 90 valence electrons. The molecule has 1 nitrogen and oxygen atoms in total. The molecule has 0 atom stereocenters. The zero-order chi connectivity index (χ0) is 12.0. The molecule has 2 rings (SSSR count). The average molecular weight is 237 g/mol. The molecular weight excluding hydrogens is 214 g/mol. The van der Waals surface area contributed by atoms with Crippen LogP contribution < -0.4 is 0 Å². The van der Waals surface area contributed by atoms with Crippen LogP contribution in [0.25, 0.3) is 0 Å². The van der Waals surface area contributed by atoms with Crippen molar-refractivity contribution < 1.29 is 0 Å². The molecule has 1 fully saturated rings. The van der Waals surface area contributed by atoms with Gasteiger partial charge in [0.1, 0.15) is 0 Å². The van der Waals surface area contributed by atoms with E-state index in [4.69, 9.17) is 0 Å². The summed E-state index contributed by atoms with van der Waals surface area (Å²) in [5.41, 5.74) is 2.90. The van der Waals surface area contributed by atoms with Gasteiger partial charge in [0, 0.05) is 18.0 Å². The molecule has 16 heavy (non-hydrogen) atoms. The number of hydrogen-bond donors (Lipinski definition) is 0. The predicted octanol–water partition coefficient (Wildman–Crippen LogP) is 4.30. The summed E-state index contributed by atoms with van der Waals surface area (Å²) < 4.78 is 2.42. The van der Waals surface area contributed by atoms with Crippen molar-refractivity contribution in [2.24, 2.45) is 0 Å². The number of benzene rings is 1. The highest BCUT2D eigenvalue weighted by molar-refractivity contribution is 7.97. The molecule has 0 N–H and O–H groups in total. The van der Waals surface area contributed by atoms with Crippen LogP contribution >= 0.6 is 11.9 Å². The quantitative estimate of drug-likeness (QED) is 0.721. The van der Waals surface area contributed by atoms with Gasteiger partial charge in [-0.3, -0.25) is 0 Å². The molecule has 0 bridgehead atoms. The molecule has 0 aromatic heterocycles. The lowest BCUT2D eigenvalue weighted by atomic mass is 10.1. The van der Waals surface area contributed by atoms with Gasteiger partial charge in [0.05, 0.1) is 0 Å². The van der Waals surface area contributed by atoms with Crippen molar-refractivity contribution >= 4 is 11.9 Å². The van der Waals surface area contributed by atoms with Crippen LogP contribution in [0.1, 0.15) is 38.3 Å². The summed E-state index contributed by atoms with van der Waals surface area (Å²) in [5.74, 6) is 0. The number of rotatable bonds is 3. The van der Waals surface area contributed by atoms with Crippen LogP contribution in [0.4, 0.5) is 0 Å². The molecular formula is C14H23NS. The van der Waals surface area contributed by atoms with E-state index in [2.05, 4.69) is 36.4 Å². The van der Waals surface area contributed by atoms with E-state index < -0.39 is 0 Å². The van der Waals surface area contributed by atoms with E-state index in [1.807, 2.05) is 25.8 Å². The minimum absolute atomic E-state index is 1.14. The SMILES string of the molecule is CC.CCc1ccc(SN2CCC2)cc1C. The Balaban J connectivity index is 0.000000606. The number of hydrogen-bond acceptors (Lipinski definition) is 2. The standard InChI is InChI=1S/C12H17NS.C2H6/c1-3-11-5-6-12(9-10(11)2)14-13-7-4-8-13;1-2/h5-6,9H,3-4,7-8H2,1-2H3;1-2H3. The fourth-order valence-corrected chi connectivity index (χ4v) is 2.75. The fraction of sp³-hybridized carbons (Fsp3) is 0.571. The summed E-state index contributed by atoms with van der Waals surface area (Å²) in [6.07, 6.45) is 2.50. The summed E-state index contributed by atoms with van der Waals surface area (Å²) >= 11 is 1.90. The van der Waals surface area contributed by atoms with Crippen LogP contribution in [0.5, 0.6) is 0 Å². The maximum Gasteiger partial charge on any atom is 0.0233 e. The normalized spacial score (nSPS) is 15.0. The Labute approximate surface area is 104 Å². The van der Waals surface area contributed by atoms with Crippen molar-refractivity contribution in [2.45, 2.75) is 45.4 Å². The fourth-order valence-electron chi connectivity index (χ4n) is 1.65. The number of nitrogens with zero attached hydrogens (tertiary/aromatic N) is 1. The Morgan fingerprint density at radius 2 is 1.94 bits per heavy atom. The van der Waals surface area contributed by atoms with Gasteiger partial charge in [0.15, 0.2) is 0 Å². The van der Waals surface area contributed by atoms with Crippen LogP contribution in [-0.2, 0) is 6.42 Å². The first-order chi connectivity index (χ1) is 7.79. The van der Waals surface area contributed by atoms with E-state index in [0.29, 0.717) is 0 Å². The first-order valence-corrected chi connectivity index (χ1v) is 7.09. The third-order valence-electron chi connectivity index (χ3n) is 2.74. The Hall–Kier alpha value is -0.470. The lowest BCUT2D eigenvalue weighted by Crippen LogP contribution is -2.30. The minimum atomic E-state index is 1.14. The van der Waals surface area contributed by atoms with Crippen molar-refractivity contribution in [3.05, 3.63) is 29.3 Å². The van der Waals surface area contributed by atoms with Crippen LogP contribution in [0.3, 0.4) is 0 Å². The Morgan fingerprint density at radius 1 is 1.25 bits per heavy atom. The van der Waals surface area contributed by atoms with Gasteiger partial charge in [-0.15, -0.1) is 0 Å². The molecule has 0 amide bonds. The molecule has 1 aliphatic heterocycles. The van der Waals surface area contributed by atoms with Gasteiger partial charge in [-0.2, -0.15) is 0 Å². The second-order valence-corrected chi connectivity index (χ2v) is 4.99. The molecule has 0 aliphatic carbocycles. The zero-order valence-electron chi connectivity index (χ0n) is 10.9. The van der Waals surface area contributed by atoms with E-state index in [1.165, 1.54) is 35.5 Å². The molecule has 1 aromatic rings. The van der Waals surface area contributed by atoms with E-state index in [1.54, 1.807) is 0 Å². The van der Waals surface area contributed by atoms with Gasteiger partial charge >= 0.3 is 0 Å². The van der Waals surface area contributed by atoms with E-state index in [9.17, 15) is 0 Å². The average Bonchev–Trinajstić information content (AvgIpc) is 2.27. The Morgan fingerprint density at radius 3 is 2.38 bits per heavy atom. The highest BCUT2D eigenvalue weighted by Crippen LogP contribution is 2.28. The third-order valence-corrected chi connectivity index (χ3v) is 3.83. The Kier molecular flexibility index (Phi) is 5.93. The van der Waals surface area contributed by atoms with Gasteiger partial charge in [-0.25, -0.2) is 4.31 Å². The molecule has 1 heterocycles. The molecule has 1 aromatic carbocycles. The first-order valence-electron chi connectivity index (χ1n) is 6.32. The summed E-state index contributed by atoms with van der Waals surface area (Å²) in [7, 11) is 0. The third kappa shape index (κ3) is 3.53. The largest absolute Gasteiger partial charge is 0.246 e. The van der Waals surface area contributed by atoms with Crippen LogP contribution in [0.2, 0.25) is 0 Å². The maximum atomic E-state index is 2.42. The van der Waals surface area contributed by atoms with Gasteiger partial charge < -0.3 is 0 Å². The molecule has 2 heteroatoms. The highest BCUT2D eigenvalue weighted by Gasteiger charge is 2.14. The Bertz CT molecular complexity index is 319. The highest BCUT2D eigenvalue weighted by atomic mass is 32.2. The first kappa shape index (κ1) is 13.6.